The number of hydrogen-bond donors (Lipinski definition) is 0. The van der Waals surface area contributed by atoms with Crippen LogP contribution >= 0.6 is 11.6 Å². The molecule has 2 aromatic rings. The molecule has 0 spiro atoms. The van der Waals surface area contributed by atoms with Crippen LogP contribution in [0.4, 0.5) is 0 Å². The summed E-state index contributed by atoms with van der Waals surface area (Å²) in [7, 11) is 0. The molecule has 82 valence electrons. The molecule has 0 saturated carbocycles. The Morgan fingerprint density at radius 1 is 1.31 bits per heavy atom. The fraction of sp³-hybridized carbons (Fsp3) is 0.167. The normalized spacial score (nSPS) is 10.3. The van der Waals surface area contributed by atoms with Gasteiger partial charge in [0, 0.05) is 17.5 Å². The smallest absolute Gasteiger partial charge is 0.171 e. The Kier molecular flexibility index (Phi) is 3.37. The van der Waals surface area contributed by atoms with Crippen molar-refractivity contribution in [3.05, 3.63) is 52.4 Å². The highest BCUT2D eigenvalue weighted by atomic mass is 35.5. The molecule has 0 radical (unpaired) electrons. The van der Waals surface area contributed by atoms with Crippen LogP contribution in [0.3, 0.4) is 0 Å². The Bertz CT molecular complexity index is 493. The summed E-state index contributed by atoms with van der Waals surface area (Å²) < 4.78 is 4.99. The fourth-order valence-corrected chi connectivity index (χ4v) is 1.69. The lowest BCUT2D eigenvalue weighted by molar-refractivity contribution is 0.111. The van der Waals surface area contributed by atoms with Crippen molar-refractivity contribution in [1.29, 1.82) is 0 Å². The quantitative estimate of drug-likeness (QED) is 0.766. The van der Waals surface area contributed by atoms with E-state index >= 15 is 0 Å². The second kappa shape index (κ2) is 4.94. The topological polar surface area (TPSA) is 43.1 Å². The largest absolute Gasteiger partial charge is 0.361 e. The van der Waals surface area contributed by atoms with Crippen LogP contribution in [0, 0.1) is 0 Å². The summed E-state index contributed by atoms with van der Waals surface area (Å²) in [6, 6.07) is 9.31. The SMILES string of the molecule is O=Cc1cc(CCc2ccccc2Cl)on1. The number of carbonyl (C=O) groups is 1. The third kappa shape index (κ3) is 2.49. The Labute approximate surface area is 98.0 Å². The van der Waals surface area contributed by atoms with Crippen molar-refractivity contribution < 1.29 is 9.32 Å². The van der Waals surface area contributed by atoms with Crippen LogP contribution in [0.25, 0.3) is 0 Å². The van der Waals surface area contributed by atoms with Gasteiger partial charge in [-0.25, -0.2) is 0 Å². The van der Waals surface area contributed by atoms with Crippen LogP contribution < -0.4 is 0 Å². The van der Waals surface area contributed by atoms with Crippen LogP contribution in [0.1, 0.15) is 21.8 Å². The van der Waals surface area contributed by atoms with Crippen LogP contribution in [-0.2, 0) is 12.8 Å². The van der Waals surface area contributed by atoms with Gasteiger partial charge in [0.15, 0.2) is 6.29 Å². The number of aryl methyl sites for hydroxylation is 2. The molecule has 1 heterocycles. The zero-order valence-corrected chi connectivity index (χ0v) is 9.28. The van der Waals surface area contributed by atoms with Gasteiger partial charge in [-0.1, -0.05) is 35.0 Å². The number of benzene rings is 1. The summed E-state index contributed by atoms with van der Waals surface area (Å²) in [5, 5.41) is 4.34. The van der Waals surface area contributed by atoms with Crippen LogP contribution in [0.5, 0.6) is 0 Å². The molecule has 0 N–H and O–H groups in total. The minimum absolute atomic E-state index is 0.328. The fourth-order valence-electron chi connectivity index (χ4n) is 1.46. The van der Waals surface area contributed by atoms with E-state index in [2.05, 4.69) is 5.16 Å². The highest BCUT2D eigenvalue weighted by molar-refractivity contribution is 6.31. The summed E-state index contributed by atoms with van der Waals surface area (Å²) >= 11 is 6.02. The Morgan fingerprint density at radius 3 is 2.81 bits per heavy atom. The minimum atomic E-state index is 0.328. The molecule has 0 atom stereocenters. The molecular formula is C12H10ClNO2. The lowest BCUT2D eigenvalue weighted by atomic mass is 10.1. The molecule has 0 saturated heterocycles. The van der Waals surface area contributed by atoms with E-state index in [4.69, 9.17) is 16.1 Å². The Morgan fingerprint density at radius 2 is 2.12 bits per heavy atom. The number of halogens is 1. The minimum Gasteiger partial charge on any atom is -0.361 e. The lowest BCUT2D eigenvalue weighted by Crippen LogP contribution is -1.90. The van der Waals surface area contributed by atoms with Gasteiger partial charge in [-0.05, 0) is 18.1 Å². The van der Waals surface area contributed by atoms with Gasteiger partial charge in [-0.2, -0.15) is 0 Å². The van der Waals surface area contributed by atoms with E-state index < -0.39 is 0 Å². The summed E-state index contributed by atoms with van der Waals surface area (Å²) in [6.45, 7) is 0. The lowest BCUT2D eigenvalue weighted by Gasteiger charge is -2.00. The van der Waals surface area contributed by atoms with Crippen molar-refractivity contribution in [3.63, 3.8) is 0 Å². The van der Waals surface area contributed by atoms with E-state index in [1.165, 1.54) is 0 Å². The summed E-state index contributed by atoms with van der Waals surface area (Å²) in [4.78, 5) is 10.4. The van der Waals surface area contributed by atoms with Gasteiger partial charge in [-0.3, -0.25) is 4.79 Å². The standard InChI is InChI=1S/C12H10ClNO2/c13-12-4-2-1-3-9(12)5-6-11-7-10(8-15)14-16-11/h1-4,7-8H,5-6H2. The zero-order valence-electron chi connectivity index (χ0n) is 8.52. The van der Waals surface area contributed by atoms with Gasteiger partial charge >= 0.3 is 0 Å². The Hall–Kier alpha value is -1.61. The Balaban J connectivity index is 2.02. The summed E-state index contributed by atoms with van der Waals surface area (Å²) in [6.07, 6.45) is 2.13. The maximum Gasteiger partial charge on any atom is 0.171 e. The highest BCUT2D eigenvalue weighted by Gasteiger charge is 2.05. The number of rotatable bonds is 4. The molecule has 3 nitrogen and oxygen atoms in total. The van der Waals surface area contributed by atoms with E-state index in [0.29, 0.717) is 24.2 Å². The molecule has 0 aliphatic carbocycles. The van der Waals surface area contributed by atoms with Gasteiger partial charge in [-0.15, -0.1) is 0 Å². The van der Waals surface area contributed by atoms with E-state index in [9.17, 15) is 4.79 Å². The van der Waals surface area contributed by atoms with Crippen LogP contribution in [0.15, 0.2) is 34.9 Å². The molecule has 0 amide bonds. The molecule has 0 unspecified atom stereocenters. The first-order valence-electron chi connectivity index (χ1n) is 4.94. The van der Waals surface area contributed by atoms with Gasteiger partial charge in [0.25, 0.3) is 0 Å². The predicted octanol–water partition coefficient (Wildman–Crippen LogP) is 2.93. The molecule has 0 fully saturated rings. The average Bonchev–Trinajstić information content (AvgIpc) is 2.76. The number of aldehydes is 1. The average molecular weight is 236 g/mol. The number of nitrogens with zero attached hydrogens (tertiary/aromatic N) is 1. The molecule has 2 rings (SSSR count). The highest BCUT2D eigenvalue weighted by Crippen LogP contribution is 2.17. The molecule has 0 aliphatic rings. The monoisotopic (exact) mass is 235 g/mol. The maximum atomic E-state index is 10.4. The van der Waals surface area contributed by atoms with Crippen LogP contribution in [-0.4, -0.2) is 11.4 Å². The third-order valence-electron chi connectivity index (χ3n) is 2.30. The predicted molar refractivity (Wildman–Crippen MR) is 60.8 cm³/mol. The van der Waals surface area contributed by atoms with Gasteiger partial charge in [0.2, 0.25) is 0 Å². The second-order valence-corrected chi connectivity index (χ2v) is 3.83. The first-order valence-corrected chi connectivity index (χ1v) is 5.31. The van der Waals surface area contributed by atoms with Crippen molar-refractivity contribution in [1.82, 2.24) is 5.16 Å². The maximum absolute atomic E-state index is 10.4. The van der Waals surface area contributed by atoms with E-state index in [1.807, 2.05) is 24.3 Å². The van der Waals surface area contributed by atoms with Crippen molar-refractivity contribution in [2.45, 2.75) is 12.8 Å². The van der Waals surface area contributed by atoms with Crippen molar-refractivity contribution in [2.75, 3.05) is 0 Å². The van der Waals surface area contributed by atoms with Crippen LogP contribution in [0.2, 0.25) is 5.02 Å². The van der Waals surface area contributed by atoms with Crippen molar-refractivity contribution in [3.8, 4) is 0 Å². The van der Waals surface area contributed by atoms with Gasteiger partial charge < -0.3 is 4.52 Å². The first kappa shape index (κ1) is 10.9. The molecule has 1 aromatic carbocycles. The number of aromatic nitrogens is 1. The number of hydrogen-bond acceptors (Lipinski definition) is 3. The zero-order chi connectivity index (χ0) is 11.4. The third-order valence-corrected chi connectivity index (χ3v) is 2.67. The first-order chi connectivity index (χ1) is 7.79. The second-order valence-electron chi connectivity index (χ2n) is 3.43. The molecule has 0 aliphatic heterocycles. The van der Waals surface area contributed by atoms with E-state index in [-0.39, 0.29) is 0 Å². The van der Waals surface area contributed by atoms with Crippen molar-refractivity contribution in [2.24, 2.45) is 0 Å². The molecular weight excluding hydrogens is 226 g/mol. The number of carbonyl (C=O) groups excluding carboxylic acids is 1. The van der Waals surface area contributed by atoms with Crippen molar-refractivity contribution >= 4 is 17.9 Å². The van der Waals surface area contributed by atoms with Gasteiger partial charge in [0.1, 0.15) is 11.5 Å². The molecule has 0 bridgehead atoms. The van der Waals surface area contributed by atoms with Gasteiger partial charge in [0.05, 0.1) is 0 Å². The molecule has 16 heavy (non-hydrogen) atoms. The van der Waals surface area contributed by atoms with E-state index in [0.717, 1.165) is 17.0 Å². The van der Waals surface area contributed by atoms with E-state index in [1.54, 1.807) is 6.07 Å². The summed E-state index contributed by atoms with van der Waals surface area (Å²) in [5.41, 5.74) is 1.39. The molecule has 4 heteroatoms. The summed E-state index contributed by atoms with van der Waals surface area (Å²) in [5.74, 6) is 0.696. The molecule has 1 aromatic heterocycles.